The van der Waals surface area contributed by atoms with E-state index in [4.69, 9.17) is 0 Å². The SMILES string of the molecule is C[C@@H](NCC(=O)NC(=O)NC1CC1)c1cccc2ccccc12. The van der Waals surface area contributed by atoms with Crippen LogP contribution in [0.2, 0.25) is 0 Å². The van der Waals surface area contributed by atoms with Crippen LogP contribution in [0.1, 0.15) is 31.4 Å². The lowest BCUT2D eigenvalue weighted by Gasteiger charge is -2.16. The first kappa shape index (κ1) is 15.5. The predicted octanol–water partition coefficient (Wildman–Crippen LogP) is 2.48. The first-order valence-electron chi connectivity index (χ1n) is 7.95. The van der Waals surface area contributed by atoms with E-state index in [0.717, 1.165) is 18.4 Å². The largest absolute Gasteiger partial charge is 0.335 e. The Labute approximate surface area is 135 Å². The van der Waals surface area contributed by atoms with Crippen molar-refractivity contribution in [3.05, 3.63) is 48.0 Å². The number of carbonyl (C=O) groups excluding carboxylic acids is 2. The molecule has 0 aliphatic heterocycles. The van der Waals surface area contributed by atoms with Gasteiger partial charge in [-0.15, -0.1) is 0 Å². The molecule has 5 heteroatoms. The first-order chi connectivity index (χ1) is 11.1. The standard InChI is InChI=1S/C18H21N3O2/c1-12(15-8-4-6-13-5-2-3-7-16(13)15)19-11-17(22)21-18(23)20-14-9-10-14/h2-8,12,14,19H,9-11H2,1H3,(H2,20,21,22,23)/t12-/m1/s1. The summed E-state index contributed by atoms with van der Waals surface area (Å²) in [7, 11) is 0. The van der Waals surface area contributed by atoms with Gasteiger partial charge in [-0.1, -0.05) is 42.5 Å². The summed E-state index contributed by atoms with van der Waals surface area (Å²) in [6, 6.07) is 14.1. The Morgan fingerprint density at radius 1 is 1.13 bits per heavy atom. The highest BCUT2D eigenvalue weighted by atomic mass is 16.2. The molecule has 2 aromatic rings. The molecule has 23 heavy (non-hydrogen) atoms. The van der Waals surface area contributed by atoms with E-state index in [1.807, 2.05) is 25.1 Å². The molecule has 3 N–H and O–H groups in total. The molecule has 3 rings (SSSR count). The molecule has 0 radical (unpaired) electrons. The molecule has 1 aliphatic rings. The Balaban J connectivity index is 1.56. The van der Waals surface area contributed by atoms with Crippen LogP contribution in [0.3, 0.4) is 0 Å². The van der Waals surface area contributed by atoms with E-state index in [0.29, 0.717) is 0 Å². The number of hydrogen-bond acceptors (Lipinski definition) is 3. The van der Waals surface area contributed by atoms with E-state index in [1.54, 1.807) is 0 Å². The number of rotatable bonds is 5. The zero-order valence-corrected chi connectivity index (χ0v) is 13.1. The number of urea groups is 1. The van der Waals surface area contributed by atoms with Gasteiger partial charge < -0.3 is 10.6 Å². The molecule has 0 unspecified atom stereocenters. The van der Waals surface area contributed by atoms with E-state index in [9.17, 15) is 9.59 Å². The Morgan fingerprint density at radius 2 is 1.87 bits per heavy atom. The molecule has 0 spiro atoms. The van der Waals surface area contributed by atoms with E-state index >= 15 is 0 Å². The van der Waals surface area contributed by atoms with E-state index < -0.39 is 6.03 Å². The van der Waals surface area contributed by atoms with Crippen LogP contribution >= 0.6 is 0 Å². The summed E-state index contributed by atoms with van der Waals surface area (Å²) in [6.45, 7) is 2.11. The topological polar surface area (TPSA) is 70.2 Å². The van der Waals surface area contributed by atoms with E-state index in [1.165, 1.54) is 10.8 Å². The van der Waals surface area contributed by atoms with Gasteiger partial charge in [0.1, 0.15) is 0 Å². The molecule has 3 amide bonds. The summed E-state index contributed by atoms with van der Waals surface area (Å²) >= 11 is 0. The van der Waals surface area contributed by atoms with Crippen molar-refractivity contribution < 1.29 is 9.59 Å². The van der Waals surface area contributed by atoms with Gasteiger partial charge in [0.2, 0.25) is 5.91 Å². The van der Waals surface area contributed by atoms with Crippen LogP contribution in [0, 0.1) is 0 Å². The third-order valence-corrected chi connectivity index (χ3v) is 4.02. The number of nitrogens with one attached hydrogen (secondary N) is 3. The third-order valence-electron chi connectivity index (χ3n) is 4.02. The van der Waals surface area contributed by atoms with Gasteiger partial charge in [-0.3, -0.25) is 10.1 Å². The zero-order valence-electron chi connectivity index (χ0n) is 13.1. The molecular weight excluding hydrogens is 290 g/mol. The Kier molecular flexibility index (Phi) is 4.57. The van der Waals surface area contributed by atoms with Gasteiger partial charge in [-0.05, 0) is 36.1 Å². The van der Waals surface area contributed by atoms with Gasteiger partial charge in [0.05, 0.1) is 6.54 Å². The van der Waals surface area contributed by atoms with Crippen molar-refractivity contribution in [1.29, 1.82) is 0 Å². The maximum absolute atomic E-state index is 11.8. The maximum Gasteiger partial charge on any atom is 0.321 e. The lowest BCUT2D eigenvalue weighted by molar-refractivity contribution is -0.119. The highest BCUT2D eigenvalue weighted by Gasteiger charge is 2.23. The number of amides is 3. The Morgan fingerprint density at radius 3 is 2.65 bits per heavy atom. The van der Waals surface area contributed by atoms with Crippen molar-refractivity contribution in [3.63, 3.8) is 0 Å². The van der Waals surface area contributed by atoms with Crippen LogP contribution in [-0.4, -0.2) is 24.5 Å². The van der Waals surface area contributed by atoms with E-state index in [-0.39, 0.29) is 24.5 Å². The normalized spacial score (nSPS) is 15.2. The van der Waals surface area contributed by atoms with Crippen LogP contribution in [-0.2, 0) is 4.79 Å². The number of imide groups is 1. The monoisotopic (exact) mass is 311 g/mol. The minimum atomic E-state index is -0.405. The highest BCUT2D eigenvalue weighted by molar-refractivity contribution is 5.95. The molecular formula is C18H21N3O2. The lowest BCUT2D eigenvalue weighted by atomic mass is 10.00. The summed E-state index contributed by atoms with van der Waals surface area (Å²) in [4.78, 5) is 23.3. The molecule has 2 aromatic carbocycles. The molecule has 1 fully saturated rings. The quantitative estimate of drug-likeness (QED) is 0.794. The fourth-order valence-corrected chi connectivity index (χ4v) is 2.60. The smallest absolute Gasteiger partial charge is 0.321 e. The van der Waals surface area contributed by atoms with Crippen LogP contribution in [0.4, 0.5) is 4.79 Å². The average Bonchev–Trinajstić information content (AvgIpc) is 3.35. The summed E-state index contributed by atoms with van der Waals surface area (Å²) < 4.78 is 0. The first-order valence-corrected chi connectivity index (χ1v) is 7.95. The molecule has 1 atom stereocenters. The average molecular weight is 311 g/mol. The fourth-order valence-electron chi connectivity index (χ4n) is 2.60. The molecule has 1 saturated carbocycles. The molecule has 0 aromatic heterocycles. The maximum atomic E-state index is 11.8. The van der Waals surface area contributed by atoms with Crippen molar-refractivity contribution in [2.24, 2.45) is 0 Å². The second-order valence-electron chi connectivity index (χ2n) is 5.97. The van der Waals surface area contributed by atoms with Gasteiger partial charge in [-0.2, -0.15) is 0 Å². The number of hydrogen-bond donors (Lipinski definition) is 3. The second kappa shape index (κ2) is 6.79. The molecule has 0 saturated heterocycles. The molecule has 0 bridgehead atoms. The summed E-state index contributed by atoms with van der Waals surface area (Å²) in [5, 5.41) is 10.6. The van der Waals surface area contributed by atoms with Crippen LogP contribution in [0.25, 0.3) is 10.8 Å². The summed E-state index contributed by atoms with van der Waals surface area (Å²) in [6.07, 6.45) is 2.00. The van der Waals surface area contributed by atoms with Crippen molar-refractivity contribution >= 4 is 22.7 Å². The van der Waals surface area contributed by atoms with Crippen molar-refractivity contribution in [1.82, 2.24) is 16.0 Å². The van der Waals surface area contributed by atoms with Crippen LogP contribution in [0.5, 0.6) is 0 Å². The molecule has 1 aliphatic carbocycles. The van der Waals surface area contributed by atoms with Crippen molar-refractivity contribution in [2.75, 3.05) is 6.54 Å². The zero-order chi connectivity index (χ0) is 16.2. The Hall–Kier alpha value is -2.40. The second-order valence-corrected chi connectivity index (χ2v) is 5.97. The highest BCUT2D eigenvalue weighted by Crippen LogP contribution is 2.23. The van der Waals surface area contributed by atoms with Crippen LogP contribution in [0.15, 0.2) is 42.5 Å². The summed E-state index contributed by atoms with van der Waals surface area (Å²) in [5.41, 5.74) is 1.14. The van der Waals surface area contributed by atoms with Crippen molar-refractivity contribution in [2.45, 2.75) is 31.8 Å². The third kappa shape index (κ3) is 4.07. The van der Waals surface area contributed by atoms with Gasteiger partial charge in [0, 0.05) is 12.1 Å². The number of fused-ring (bicyclic) bond motifs is 1. The predicted molar refractivity (Wildman–Crippen MR) is 90.1 cm³/mol. The van der Waals surface area contributed by atoms with Gasteiger partial charge in [-0.25, -0.2) is 4.79 Å². The van der Waals surface area contributed by atoms with Gasteiger partial charge in [0.25, 0.3) is 0 Å². The fraction of sp³-hybridized carbons (Fsp3) is 0.333. The minimum Gasteiger partial charge on any atom is -0.335 e. The van der Waals surface area contributed by atoms with Crippen LogP contribution < -0.4 is 16.0 Å². The lowest BCUT2D eigenvalue weighted by Crippen LogP contribution is -2.44. The minimum absolute atomic E-state index is 0.0124. The Bertz CT molecular complexity index is 720. The molecule has 0 heterocycles. The number of carbonyl (C=O) groups is 2. The summed E-state index contributed by atoms with van der Waals surface area (Å²) in [5.74, 6) is -0.324. The van der Waals surface area contributed by atoms with E-state index in [2.05, 4.69) is 40.2 Å². The molecule has 5 nitrogen and oxygen atoms in total. The molecule has 120 valence electrons. The van der Waals surface area contributed by atoms with Gasteiger partial charge in [0.15, 0.2) is 0 Å². The van der Waals surface area contributed by atoms with Crippen molar-refractivity contribution in [3.8, 4) is 0 Å². The number of benzene rings is 2. The van der Waals surface area contributed by atoms with Gasteiger partial charge >= 0.3 is 6.03 Å².